The Kier molecular flexibility index (Phi) is 6.18. The predicted octanol–water partition coefficient (Wildman–Crippen LogP) is 3.25. The topological polar surface area (TPSA) is 30.5 Å². The maximum atomic E-state index is 6.10. The van der Waals surface area contributed by atoms with Crippen molar-refractivity contribution in [1.29, 1.82) is 0 Å². The normalized spacial score (nSPS) is 24.4. The van der Waals surface area contributed by atoms with Gasteiger partial charge in [0.05, 0.1) is 18.8 Å². The first kappa shape index (κ1) is 14.9. The molecule has 0 amide bonds. The molecule has 0 saturated heterocycles. The summed E-state index contributed by atoms with van der Waals surface area (Å²) in [6.07, 6.45) is 11.5. The van der Waals surface area contributed by atoms with E-state index in [9.17, 15) is 0 Å². The molecule has 1 N–H and O–H groups in total. The van der Waals surface area contributed by atoms with Crippen LogP contribution in [0.3, 0.4) is 0 Å². The van der Waals surface area contributed by atoms with Gasteiger partial charge in [0.25, 0.3) is 0 Å². The number of nitrogens with one attached hydrogen (secondary N) is 1. The molecule has 0 aromatic heterocycles. The van der Waals surface area contributed by atoms with E-state index in [2.05, 4.69) is 18.3 Å². The van der Waals surface area contributed by atoms with Crippen LogP contribution in [-0.2, 0) is 9.47 Å². The molecule has 2 unspecified atom stereocenters. The zero-order valence-electron chi connectivity index (χ0n) is 12.5. The minimum absolute atomic E-state index is 0.225. The SMILES string of the molecule is CCOC(C1CCCCC1)C(NC)C1=CCCCO1. The van der Waals surface area contributed by atoms with Crippen molar-refractivity contribution in [2.24, 2.45) is 5.92 Å². The third kappa shape index (κ3) is 3.96. The van der Waals surface area contributed by atoms with Gasteiger partial charge in [0.1, 0.15) is 5.76 Å². The Hall–Kier alpha value is -0.540. The van der Waals surface area contributed by atoms with Gasteiger partial charge in [-0.05, 0) is 51.6 Å². The van der Waals surface area contributed by atoms with Gasteiger partial charge in [0.2, 0.25) is 0 Å². The highest BCUT2D eigenvalue weighted by molar-refractivity contribution is 5.09. The molecule has 2 rings (SSSR count). The largest absolute Gasteiger partial charge is 0.496 e. The van der Waals surface area contributed by atoms with Gasteiger partial charge in [-0.1, -0.05) is 19.3 Å². The summed E-state index contributed by atoms with van der Waals surface area (Å²) in [5, 5.41) is 3.44. The summed E-state index contributed by atoms with van der Waals surface area (Å²) in [5.41, 5.74) is 0. The van der Waals surface area contributed by atoms with Crippen molar-refractivity contribution in [2.75, 3.05) is 20.3 Å². The molecule has 0 bridgehead atoms. The first-order chi connectivity index (χ1) is 9.36. The van der Waals surface area contributed by atoms with Crippen molar-refractivity contribution in [3.8, 4) is 0 Å². The number of hydrogen-bond donors (Lipinski definition) is 1. The third-order valence-corrected chi connectivity index (χ3v) is 4.38. The van der Waals surface area contributed by atoms with E-state index in [0.717, 1.165) is 31.8 Å². The number of rotatable bonds is 6. The minimum atomic E-state index is 0.225. The Morgan fingerprint density at radius 2 is 2.11 bits per heavy atom. The second-order valence-electron chi connectivity index (χ2n) is 5.68. The summed E-state index contributed by atoms with van der Waals surface area (Å²) < 4.78 is 12.0. The van der Waals surface area contributed by atoms with E-state index in [1.165, 1.54) is 32.1 Å². The van der Waals surface area contributed by atoms with Crippen molar-refractivity contribution in [3.05, 3.63) is 11.8 Å². The summed E-state index contributed by atoms with van der Waals surface area (Å²) in [6.45, 7) is 3.73. The van der Waals surface area contributed by atoms with Crippen LogP contribution in [0, 0.1) is 5.92 Å². The van der Waals surface area contributed by atoms with Crippen LogP contribution < -0.4 is 5.32 Å². The summed E-state index contributed by atoms with van der Waals surface area (Å²) in [6, 6.07) is 0.225. The van der Waals surface area contributed by atoms with Crippen molar-refractivity contribution >= 4 is 0 Å². The lowest BCUT2D eigenvalue weighted by Gasteiger charge is -2.37. The van der Waals surface area contributed by atoms with Crippen LogP contribution in [0.25, 0.3) is 0 Å². The fourth-order valence-electron chi connectivity index (χ4n) is 3.42. The summed E-state index contributed by atoms with van der Waals surface area (Å²) in [4.78, 5) is 0. The molecule has 2 atom stereocenters. The van der Waals surface area contributed by atoms with E-state index in [1.807, 2.05) is 7.05 Å². The van der Waals surface area contributed by atoms with E-state index >= 15 is 0 Å². The van der Waals surface area contributed by atoms with Crippen LogP contribution in [0.5, 0.6) is 0 Å². The summed E-state index contributed by atoms with van der Waals surface area (Å²) >= 11 is 0. The molecule has 0 aromatic rings. The average molecular weight is 267 g/mol. The maximum absolute atomic E-state index is 6.10. The number of likely N-dealkylation sites (N-methyl/N-ethyl adjacent to an activating group) is 1. The van der Waals surface area contributed by atoms with Gasteiger partial charge in [-0.2, -0.15) is 0 Å². The highest BCUT2D eigenvalue weighted by atomic mass is 16.5. The van der Waals surface area contributed by atoms with E-state index < -0.39 is 0 Å². The van der Waals surface area contributed by atoms with Gasteiger partial charge in [-0.25, -0.2) is 0 Å². The van der Waals surface area contributed by atoms with E-state index in [0.29, 0.717) is 5.92 Å². The molecule has 1 heterocycles. The van der Waals surface area contributed by atoms with Crippen molar-refractivity contribution < 1.29 is 9.47 Å². The molecule has 1 aliphatic heterocycles. The first-order valence-electron chi connectivity index (χ1n) is 7.98. The van der Waals surface area contributed by atoms with Gasteiger partial charge in [-0.15, -0.1) is 0 Å². The van der Waals surface area contributed by atoms with E-state index in [1.54, 1.807) is 0 Å². The highest BCUT2D eigenvalue weighted by Crippen LogP contribution is 2.32. The Bertz CT molecular complexity index is 284. The molecule has 1 saturated carbocycles. The second kappa shape index (κ2) is 7.91. The average Bonchev–Trinajstić information content (AvgIpc) is 2.49. The standard InChI is InChI=1S/C16H29NO2/c1-3-18-16(13-9-5-4-6-10-13)15(17-2)14-11-7-8-12-19-14/h11,13,15-17H,3-10,12H2,1-2H3. The number of ether oxygens (including phenoxy) is 2. The zero-order chi connectivity index (χ0) is 13.5. The van der Waals surface area contributed by atoms with Gasteiger partial charge >= 0.3 is 0 Å². The van der Waals surface area contributed by atoms with Crippen molar-refractivity contribution in [3.63, 3.8) is 0 Å². The first-order valence-corrected chi connectivity index (χ1v) is 7.98. The van der Waals surface area contributed by atoms with Gasteiger partial charge < -0.3 is 14.8 Å². The summed E-state index contributed by atoms with van der Waals surface area (Å²) in [5.74, 6) is 1.79. The monoisotopic (exact) mass is 267 g/mol. The van der Waals surface area contributed by atoms with Crippen LogP contribution in [0.15, 0.2) is 11.8 Å². The van der Waals surface area contributed by atoms with Gasteiger partial charge in [0.15, 0.2) is 0 Å². The van der Waals surface area contributed by atoms with Gasteiger partial charge in [-0.3, -0.25) is 0 Å². The Labute approximate surface area is 117 Å². The molecule has 2 aliphatic rings. The number of allylic oxidation sites excluding steroid dienone is 1. The van der Waals surface area contributed by atoms with E-state index in [-0.39, 0.29) is 12.1 Å². The number of hydrogen-bond acceptors (Lipinski definition) is 3. The van der Waals surface area contributed by atoms with Crippen LogP contribution in [-0.4, -0.2) is 32.4 Å². The van der Waals surface area contributed by atoms with Crippen molar-refractivity contribution in [1.82, 2.24) is 5.32 Å². The molecule has 0 spiro atoms. The lowest BCUT2D eigenvalue weighted by molar-refractivity contribution is -0.0220. The van der Waals surface area contributed by atoms with Crippen LogP contribution >= 0.6 is 0 Å². The summed E-state index contributed by atoms with van der Waals surface area (Å²) in [7, 11) is 2.03. The Morgan fingerprint density at radius 3 is 2.68 bits per heavy atom. The van der Waals surface area contributed by atoms with Crippen LogP contribution in [0.2, 0.25) is 0 Å². The fourth-order valence-corrected chi connectivity index (χ4v) is 3.42. The molecule has 0 radical (unpaired) electrons. The smallest absolute Gasteiger partial charge is 0.112 e. The highest BCUT2D eigenvalue weighted by Gasteiger charge is 2.33. The molecule has 110 valence electrons. The third-order valence-electron chi connectivity index (χ3n) is 4.38. The molecular formula is C16H29NO2. The van der Waals surface area contributed by atoms with Crippen molar-refractivity contribution in [2.45, 2.75) is 64.0 Å². The quantitative estimate of drug-likeness (QED) is 0.801. The van der Waals surface area contributed by atoms with Crippen LogP contribution in [0.4, 0.5) is 0 Å². The molecule has 19 heavy (non-hydrogen) atoms. The molecular weight excluding hydrogens is 238 g/mol. The molecule has 3 nitrogen and oxygen atoms in total. The zero-order valence-corrected chi connectivity index (χ0v) is 12.5. The predicted molar refractivity (Wildman–Crippen MR) is 78.1 cm³/mol. The van der Waals surface area contributed by atoms with Gasteiger partial charge in [0, 0.05) is 6.61 Å². The maximum Gasteiger partial charge on any atom is 0.112 e. The molecule has 1 aliphatic carbocycles. The second-order valence-corrected chi connectivity index (χ2v) is 5.68. The Balaban J connectivity index is 2.07. The fraction of sp³-hybridized carbons (Fsp3) is 0.875. The molecule has 1 fully saturated rings. The lowest BCUT2D eigenvalue weighted by Crippen LogP contribution is -2.46. The molecule has 0 aromatic carbocycles. The minimum Gasteiger partial charge on any atom is -0.496 e. The Morgan fingerprint density at radius 1 is 1.32 bits per heavy atom. The lowest BCUT2D eigenvalue weighted by atomic mass is 9.82. The van der Waals surface area contributed by atoms with Crippen LogP contribution in [0.1, 0.15) is 51.9 Å². The van der Waals surface area contributed by atoms with E-state index in [4.69, 9.17) is 9.47 Å². The molecule has 3 heteroatoms.